The van der Waals surface area contributed by atoms with Gasteiger partial charge in [-0.2, -0.15) is 0 Å². The maximum absolute atomic E-state index is 2.55. The molecule has 1 heteroatoms. The Bertz CT molecular complexity index is 121. The highest BCUT2D eigenvalue weighted by Crippen LogP contribution is 2.33. The first-order valence-corrected chi connectivity index (χ1v) is 4.19. The minimum absolute atomic E-state index is 0.398. The van der Waals surface area contributed by atoms with Gasteiger partial charge in [0.2, 0.25) is 0 Å². The fourth-order valence-electron chi connectivity index (χ4n) is 1.50. The summed E-state index contributed by atoms with van der Waals surface area (Å²) in [6.45, 7) is 12.8. The predicted octanol–water partition coefficient (Wildman–Crippen LogP) is 2.13. The lowest BCUT2D eigenvalue weighted by atomic mass is 10.1. The summed E-state index contributed by atoms with van der Waals surface area (Å²) in [6, 6.07) is 0.861. The Hall–Kier alpha value is -0.0400. The molecule has 2 atom stereocenters. The topological polar surface area (TPSA) is 3.01 Å². The number of hydrogen-bond acceptors (Lipinski definition) is 1. The van der Waals surface area contributed by atoms with Crippen LogP contribution in [0.25, 0.3) is 0 Å². The van der Waals surface area contributed by atoms with E-state index in [1.165, 1.54) is 6.54 Å². The zero-order chi connectivity index (χ0) is 7.94. The van der Waals surface area contributed by atoms with Crippen molar-refractivity contribution < 1.29 is 0 Å². The van der Waals surface area contributed by atoms with Crippen LogP contribution < -0.4 is 0 Å². The van der Waals surface area contributed by atoms with Gasteiger partial charge in [-0.25, -0.2) is 0 Å². The molecular weight excluding hydrogens is 122 g/mol. The summed E-state index contributed by atoms with van der Waals surface area (Å²) in [5, 5.41) is 0. The van der Waals surface area contributed by atoms with Crippen molar-refractivity contribution in [3.05, 3.63) is 0 Å². The Balaban J connectivity index is 2.39. The van der Waals surface area contributed by atoms with Gasteiger partial charge in [-0.3, -0.25) is 4.90 Å². The Morgan fingerprint density at radius 3 is 1.90 bits per heavy atom. The van der Waals surface area contributed by atoms with E-state index in [9.17, 15) is 0 Å². The van der Waals surface area contributed by atoms with Crippen molar-refractivity contribution in [3.8, 4) is 0 Å². The van der Waals surface area contributed by atoms with Gasteiger partial charge in [0.15, 0.2) is 0 Å². The average molecular weight is 141 g/mol. The molecule has 0 aromatic carbocycles. The second kappa shape index (κ2) is 2.23. The quantitative estimate of drug-likeness (QED) is 0.505. The number of hydrogen-bond donors (Lipinski definition) is 0. The Kier molecular flexibility index (Phi) is 1.80. The summed E-state index contributed by atoms with van der Waals surface area (Å²) in [4.78, 5) is 2.55. The van der Waals surface area contributed by atoms with Crippen LogP contribution in [0.4, 0.5) is 0 Å². The summed E-state index contributed by atoms with van der Waals surface area (Å²) in [7, 11) is 0. The summed E-state index contributed by atoms with van der Waals surface area (Å²) in [6.07, 6.45) is 0. The maximum atomic E-state index is 2.55. The fourth-order valence-corrected chi connectivity index (χ4v) is 1.50. The van der Waals surface area contributed by atoms with Crippen molar-refractivity contribution in [1.82, 2.24) is 4.90 Å². The normalized spacial score (nSPS) is 33.0. The van der Waals surface area contributed by atoms with Gasteiger partial charge in [-0.1, -0.05) is 13.8 Å². The highest BCUT2D eigenvalue weighted by atomic mass is 15.4. The second-order valence-corrected chi connectivity index (χ2v) is 4.63. The first kappa shape index (κ1) is 8.06. The third kappa shape index (κ3) is 1.51. The Labute approximate surface area is 64.4 Å². The predicted molar refractivity (Wildman–Crippen MR) is 45.1 cm³/mol. The first-order chi connectivity index (χ1) is 4.43. The molecule has 1 heterocycles. The van der Waals surface area contributed by atoms with E-state index in [4.69, 9.17) is 0 Å². The molecule has 1 nitrogen and oxygen atoms in total. The average Bonchev–Trinajstić information content (AvgIpc) is 2.35. The van der Waals surface area contributed by atoms with Crippen molar-refractivity contribution in [2.45, 2.75) is 46.2 Å². The van der Waals surface area contributed by atoms with Crippen LogP contribution in [0, 0.1) is 5.92 Å². The van der Waals surface area contributed by atoms with Gasteiger partial charge in [0.1, 0.15) is 0 Å². The molecular formula is C9H19N. The molecule has 1 fully saturated rings. The summed E-state index contributed by atoms with van der Waals surface area (Å²) in [5.41, 5.74) is 0.398. The van der Waals surface area contributed by atoms with Crippen LogP contribution in [0.15, 0.2) is 0 Å². The zero-order valence-electron chi connectivity index (χ0n) is 7.81. The van der Waals surface area contributed by atoms with Gasteiger partial charge >= 0.3 is 0 Å². The molecule has 0 N–H and O–H groups in total. The minimum atomic E-state index is 0.398. The van der Waals surface area contributed by atoms with Crippen molar-refractivity contribution in [3.63, 3.8) is 0 Å². The summed E-state index contributed by atoms with van der Waals surface area (Å²) < 4.78 is 0. The second-order valence-electron chi connectivity index (χ2n) is 4.63. The number of nitrogens with zero attached hydrogens (tertiary/aromatic N) is 1. The van der Waals surface area contributed by atoms with E-state index in [-0.39, 0.29) is 0 Å². The third-order valence-electron chi connectivity index (χ3n) is 2.28. The lowest BCUT2D eigenvalue weighted by molar-refractivity contribution is 0.268. The maximum Gasteiger partial charge on any atom is 0.0252 e. The lowest BCUT2D eigenvalue weighted by Gasteiger charge is -2.22. The van der Waals surface area contributed by atoms with Crippen LogP contribution >= 0.6 is 0 Å². The Morgan fingerprint density at radius 1 is 1.30 bits per heavy atom. The monoisotopic (exact) mass is 141 g/mol. The molecule has 0 bridgehead atoms. The van der Waals surface area contributed by atoms with Gasteiger partial charge in [0.05, 0.1) is 0 Å². The fraction of sp³-hybridized carbons (Fsp3) is 1.00. The molecule has 0 spiro atoms. The van der Waals surface area contributed by atoms with Crippen LogP contribution in [-0.2, 0) is 0 Å². The molecule has 0 radical (unpaired) electrons. The van der Waals surface area contributed by atoms with Crippen LogP contribution in [0.5, 0.6) is 0 Å². The van der Waals surface area contributed by atoms with Crippen LogP contribution in [0.1, 0.15) is 34.6 Å². The van der Waals surface area contributed by atoms with Crippen molar-refractivity contribution in [1.29, 1.82) is 0 Å². The minimum Gasteiger partial charge on any atom is -0.292 e. The first-order valence-electron chi connectivity index (χ1n) is 4.19. The molecule has 2 unspecified atom stereocenters. The number of rotatable bonds is 1. The van der Waals surface area contributed by atoms with E-state index < -0.39 is 0 Å². The molecule has 1 aliphatic rings. The van der Waals surface area contributed by atoms with Crippen LogP contribution in [-0.4, -0.2) is 23.0 Å². The van der Waals surface area contributed by atoms with Gasteiger partial charge in [0, 0.05) is 18.1 Å². The van der Waals surface area contributed by atoms with Crippen molar-refractivity contribution in [2.24, 2.45) is 5.92 Å². The van der Waals surface area contributed by atoms with E-state index in [0.29, 0.717) is 5.54 Å². The van der Waals surface area contributed by atoms with E-state index in [1.54, 1.807) is 0 Å². The van der Waals surface area contributed by atoms with E-state index >= 15 is 0 Å². The highest BCUT2D eigenvalue weighted by molar-refractivity contribution is 4.98. The van der Waals surface area contributed by atoms with Crippen molar-refractivity contribution >= 4 is 0 Å². The molecule has 0 amide bonds. The third-order valence-corrected chi connectivity index (χ3v) is 2.28. The molecule has 1 rings (SSSR count). The molecule has 1 saturated heterocycles. The molecule has 0 aromatic rings. The molecule has 0 saturated carbocycles. The molecule has 1 aliphatic heterocycles. The highest BCUT2D eigenvalue weighted by Gasteiger charge is 2.43. The van der Waals surface area contributed by atoms with Crippen LogP contribution in [0.3, 0.4) is 0 Å². The largest absolute Gasteiger partial charge is 0.292 e. The molecule has 10 heavy (non-hydrogen) atoms. The summed E-state index contributed by atoms with van der Waals surface area (Å²) in [5.74, 6) is 0.833. The van der Waals surface area contributed by atoms with Crippen molar-refractivity contribution in [2.75, 3.05) is 6.54 Å². The zero-order valence-corrected chi connectivity index (χ0v) is 7.81. The van der Waals surface area contributed by atoms with Gasteiger partial charge in [-0.05, 0) is 26.7 Å². The van der Waals surface area contributed by atoms with Gasteiger partial charge < -0.3 is 0 Å². The van der Waals surface area contributed by atoms with E-state index in [2.05, 4.69) is 39.5 Å². The van der Waals surface area contributed by atoms with E-state index in [1.807, 2.05) is 0 Å². The van der Waals surface area contributed by atoms with Gasteiger partial charge in [-0.15, -0.1) is 0 Å². The molecule has 0 aliphatic carbocycles. The smallest absolute Gasteiger partial charge is 0.0252 e. The Morgan fingerprint density at radius 2 is 1.80 bits per heavy atom. The van der Waals surface area contributed by atoms with Gasteiger partial charge in [0.25, 0.3) is 0 Å². The SMILES string of the molecule is CC(C)C1CN1C(C)(C)C. The summed E-state index contributed by atoms with van der Waals surface area (Å²) >= 11 is 0. The van der Waals surface area contributed by atoms with Crippen LogP contribution in [0.2, 0.25) is 0 Å². The lowest BCUT2D eigenvalue weighted by Crippen LogP contribution is -2.28. The molecule has 60 valence electrons. The van der Waals surface area contributed by atoms with E-state index in [0.717, 1.165) is 12.0 Å². The molecule has 0 aromatic heterocycles. The standard InChI is InChI=1S/C9H19N/c1-7(2)8-6-10(8)9(3,4)5/h7-8H,6H2,1-5H3.